The van der Waals surface area contributed by atoms with Gasteiger partial charge in [-0.1, -0.05) is 19.1 Å². The van der Waals surface area contributed by atoms with Crippen molar-refractivity contribution < 1.29 is 9.53 Å². The summed E-state index contributed by atoms with van der Waals surface area (Å²) in [5, 5.41) is 12.5. The highest BCUT2D eigenvalue weighted by atomic mass is 32.1. The minimum absolute atomic E-state index is 0.120. The molecule has 0 aliphatic rings. The second-order valence-electron chi connectivity index (χ2n) is 4.25. The van der Waals surface area contributed by atoms with E-state index >= 15 is 0 Å². The summed E-state index contributed by atoms with van der Waals surface area (Å²) in [4.78, 5) is 17.1. The number of thiazole rings is 1. The van der Waals surface area contributed by atoms with Crippen molar-refractivity contribution >= 4 is 17.2 Å². The summed E-state index contributed by atoms with van der Waals surface area (Å²) < 4.78 is 5.35. The molecule has 108 valence electrons. The molecule has 1 amide bonds. The zero-order valence-electron chi connectivity index (χ0n) is 11.6. The molecule has 1 aromatic heterocycles. The SMILES string of the molecule is CCc1cnc(CNC(=O)COc2ccccc2C#N)s1. The molecule has 0 bridgehead atoms. The molecule has 0 fully saturated rings. The van der Waals surface area contributed by atoms with Crippen LogP contribution >= 0.6 is 11.3 Å². The van der Waals surface area contributed by atoms with Gasteiger partial charge >= 0.3 is 0 Å². The third-order valence-corrected chi connectivity index (χ3v) is 3.89. The molecule has 0 atom stereocenters. The van der Waals surface area contributed by atoms with Crippen molar-refractivity contribution in [2.45, 2.75) is 19.9 Å². The fraction of sp³-hybridized carbons (Fsp3) is 0.267. The number of nitrogens with zero attached hydrogens (tertiary/aromatic N) is 2. The molecule has 0 aliphatic heterocycles. The fourth-order valence-electron chi connectivity index (χ4n) is 1.65. The molecule has 1 N–H and O–H groups in total. The van der Waals surface area contributed by atoms with Crippen LogP contribution in [0.5, 0.6) is 5.75 Å². The highest BCUT2D eigenvalue weighted by Gasteiger charge is 2.07. The second kappa shape index (κ2) is 7.41. The average Bonchev–Trinajstić information content (AvgIpc) is 2.99. The van der Waals surface area contributed by atoms with Gasteiger partial charge in [-0.15, -0.1) is 11.3 Å². The monoisotopic (exact) mass is 301 g/mol. The van der Waals surface area contributed by atoms with Gasteiger partial charge in [0.05, 0.1) is 12.1 Å². The summed E-state index contributed by atoms with van der Waals surface area (Å²) >= 11 is 1.59. The number of nitrogens with one attached hydrogen (secondary N) is 1. The third kappa shape index (κ3) is 4.29. The number of hydrogen-bond donors (Lipinski definition) is 1. The molecule has 0 aliphatic carbocycles. The second-order valence-corrected chi connectivity index (χ2v) is 5.45. The van der Waals surface area contributed by atoms with Crippen LogP contribution in [0.25, 0.3) is 0 Å². The van der Waals surface area contributed by atoms with Gasteiger partial charge in [0.25, 0.3) is 5.91 Å². The number of aryl methyl sites for hydroxylation is 1. The normalized spacial score (nSPS) is 9.90. The molecule has 6 heteroatoms. The van der Waals surface area contributed by atoms with Gasteiger partial charge in [-0.3, -0.25) is 4.79 Å². The Bertz CT molecular complexity index is 661. The van der Waals surface area contributed by atoms with E-state index in [9.17, 15) is 4.79 Å². The predicted octanol–water partition coefficient (Wildman–Crippen LogP) is 2.27. The topological polar surface area (TPSA) is 75.0 Å². The van der Waals surface area contributed by atoms with Gasteiger partial charge in [0.1, 0.15) is 16.8 Å². The van der Waals surface area contributed by atoms with Gasteiger partial charge in [0.2, 0.25) is 0 Å². The maximum atomic E-state index is 11.7. The minimum Gasteiger partial charge on any atom is -0.482 e. The lowest BCUT2D eigenvalue weighted by Gasteiger charge is -2.07. The van der Waals surface area contributed by atoms with E-state index in [-0.39, 0.29) is 12.5 Å². The number of amides is 1. The molecule has 0 radical (unpaired) electrons. The lowest BCUT2D eigenvalue weighted by Crippen LogP contribution is -2.28. The first-order chi connectivity index (χ1) is 10.2. The largest absolute Gasteiger partial charge is 0.482 e. The zero-order valence-corrected chi connectivity index (χ0v) is 12.4. The average molecular weight is 301 g/mol. The highest BCUT2D eigenvalue weighted by Crippen LogP contribution is 2.16. The first-order valence-electron chi connectivity index (χ1n) is 6.55. The van der Waals surface area contributed by atoms with Crippen molar-refractivity contribution in [3.8, 4) is 11.8 Å². The van der Waals surface area contributed by atoms with Crippen molar-refractivity contribution in [2.75, 3.05) is 6.61 Å². The summed E-state index contributed by atoms with van der Waals surface area (Å²) in [6.07, 6.45) is 2.77. The first kappa shape index (κ1) is 15.0. The summed E-state index contributed by atoms with van der Waals surface area (Å²) in [7, 11) is 0. The Morgan fingerprint density at radius 2 is 2.29 bits per heavy atom. The van der Waals surface area contributed by atoms with Crippen LogP contribution in [0, 0.1) is 11.3 Å². The number of nitriles is 1. The lowest BCUT2D eigenvalue weighted by atomic mass is 10.2. The number of hydrogen-bond acceptors (Lipinski definition) is 5. The molecule has 0 unspecified atom stereocenters. The predicted molar refractivity (Wildman–Crippen MR) is 80.0 cm³/mol. The van der Waals surface area contributed by atoms with Crippen LogP contribution in [0.2, 0.25) is 0 Å². The Morgan fingerprint density at radius 1 is 1.48 bits per heavy atom. The van der Waals surface area contributed by atoms with Crippen LogP contribution in [0.3, 0.4) is 0 Å². The number of benzene rings is 1. The van der Waals surface area contributed by atoms with Crippen molar-refractivity contribution in [3.63, 3.8) is 0 Å². The van der Waals surface area contributed by atoms with Crippen LogP contribution in [-0.4, -0.2) is 17.5 Å². The highest BCUT2D eigenvalue weighted by molar-refractivity contribution is 7.11. The molecule has 2 aromatic rings. The van der Waals surface area contributed by atoms with Crippen LogP contribution in [0.15, 0.2) is 30.5 Å². The van der Waals surface area contributed by atoms with E-state index in [4.69, 9.17) is 10.00 Å². The van der Waals surface area contributed by atoms with Gasteiger partial charge < -0.3 is 10.1 Å². The van der Waals surface area contributed by atoms with Crippen molar-refractivity contribution in [2.24, 2.45) is 0 Å². The Balaban J connectivity index is 1.81. The van der Waals surface area contributed by atoms with E-state index < -0.39 is 0 Å². The van der Waals surface area contributed by atoms with Gasteiger partial charge in [-0.2, -0.15) is 5.26 Å². The minimum atomic E-state index is -0.240. The Labute approximate surface area is 127 Å². The molecular weight excluding hydrogens is 286 g/mol. The molecule has 0 saturated heterocycles. The number of carbonyl (C=O) groups excluding carboxylic acids is 1. The number of aromatic nitrogens is 1. The maximum absolute atomic E-state index is 11.7. The van der Waals surface area contributed by atoms with E-state index in [0.717, 1.165) is 11.4 Å². The van der Waals surface area contributed by atoms with Crippen molar-refractivity contribution in [3.05, 3.63) is 45.9 Å². The smallest absolute Gasteiger partial charge is 0.258 e. The molecule has 0 saturated carbocycles. The number of carbonyl (C=O) groups is 1. The summed E-state index contributed by atoms with van der Waals surface area (Å²) in [6, 6.07) is 8.85. The lowest BCUT2D eigenvalue weighted by molar-refractivity contribution is -0.123. The van der Waals surface area contributed by atoms with Crippen LogP contribution < -0.4 is 10.1 Å². The fourth-order valence-corrected chi connectivity index (χ4v) is 2.45. The summed E-state index contributed by atoms with van der Waals surface area (Å²) in [5.41, 5.74) is 0.415. The van der Waals surface area contributed by atoms with E-state index in [1.807, 2.05) is 12.3 Å². The third-order valence-electron chi connectivity index (χ3n) is 2.75. The van der Waals surface area contributed by atoms with E-state index in [1.165, 1.54) is 4.88 Å². The molecule has 1 aromatic carbocycles. The molecular formula is C15H15N3O2S. The molecule has 21 heavy (non-hydrogen) atoms. The molecule has 1 heterocycles. The van der Waals surface area contributed by atoms with E-state index in [0.29, 0.717) is 17.9 Å². The Kier molecular flexibility index (Phi) is 5.29. The van der Waals surface area contributed by atoms with Crippen molar-refractivity contribution in [1.82, 2.24) is 10.3 Å². The van der Waals surface area contributed by atoms with Gasteiger partial charge in [-0.05, 0) is 18.6 Å². The zero-order chi connectivity index (χ0) is 15.1. The first-order valence-corrected chi connectivity index (χ1v) is 7.36. The van der Waals surface area contributed by atoms with Crippen LogP contribution in [0.1, 0.15) is 22.4 Å². The van der Waals surface area contributed by atoms with Crippen LogP contribution in [-0.2, 0) is 17.8 Å². The van der Waals surface area contributed by atoms with Crippen molar-refractivity contribution in [1.29, 1.82) is 5.26 Å². The van der Waals surface area contributed by atoms with E-state index in [2.05, 4.69) is 17.2 Å². The molecule has 5 nitrogen and oxygen atoms in total. The van der Waals surface area contributed by atoms with Gasteiger partial charge in [-0.25, -0.2) is 4.98 Å². The molecule has 0 spiro atoms. The Morgan fingerprint density at radius 3 is 3.00 bits per heavy atom. The van der Waals surface area contributed by atoms with E-state index in [1.54, 1.807) is 35.6 Å². The maximum Gasteiger partial charge on any atom is 0.258 e. The summed E-state index contributed by atoms with van der Waals surface area (Å²) in [5.74, 6) is 0.175. The molecule has 2 rings (SSSR count). The Hall–Kier alpha value is -2.39. The quantitative estimate of drug-likeness (QED) is 0.888. The van der Waals surface area contributed by atoms with Crippen LogP contribution in [0.4, 0.5) is 0 Å². The van der Waals surface area contributed by atoms with Gasteiger partial charge in [0, 0.05) is 11.1 Å². The number of ether oxygens (including phenoxy) is 1. The number of rotatable bonds is 6. The summed E-state index contributed by atoms with van der Waals surface area (Å²) in [6.45, 7) is 2.34. The van der Waals surface area contributed by atoms with Gasteiger partial charge in [0.15, 0.2) is 6.61 Å². The standard InChI is InChI=1S/C15H15N3O2S/c1-2-12-8-18-15(21-12)9-17-14(19)10-20-13-6-4-3-5-11(13)7-16/h3-6,8H,2,9-10H2,1H3,(H,17,19). The number of para-hydroxylation sites is 1.